The number of ether oxygens (including phenoxy) is 2. The normalized spacial score (nSPS) is 46.7. The second-order valence-electron chi connectivity index (χ2n) is 10.1. The number of esters is 1. The van der Waals surface area contributed by atoms with Gasteiger partial charge < -0.3 is 9.47 Å². The van der Waals surface area contributed by atoms with E-state index in [1.807, 2.05) is 6.08 Å². The third-order valence-electron chi connectivity index (χ3n) is 8.98. The van der Waals surface area contributed by atoms with Crippen molar-refractivity contribution in [2.75, 3.05) is 6.61 Å². The number of carbonyl (C=O) groups excluding carboxylic acids is 3. The van der Waals surface area contributed by atoms with Gasteiger partial charge in [0.1, 0.15) is 12.2 Å². The molecule has 5 nitrogen and oxygen atoms in total. The van der Waals surface area contributed by atoms with Gasteiger partial charge in [-0.05, 0) is 68.4 Å². The first-order chi connectivity index (χ1) is 13.8. The van der Waals surface area contributed by atoms with Crippen molar-refractivity contribution in [3.8, 4) is 0 Å². The van der Waals surface area contributed by atoms with Crippen molar-refractivity contribution >= 4 is 17.5 Å². The molecule has 0 aromatic carbocycles. The van der Waals surface area contributed by atoms with Gasteiger partial charge in [0.05, 0.1) is 6.10 Å². The predicted molar refractivity (Wildman–Crippen MR) is 106 cm³/mol. The van der Waals surface area contributed by atoms with Gasteiger partial charge in [0.15, 0.2) is 11.6 Å². The highest BCUT2D eigenvalue weighted by molar-refractivity contribution is 6.01. The largest absolute Gasteiger partial charge is 0.458 e. The molecule has 1 aliphatic heterocycles. The number of hydrogen-bond donors (Lipinski definition) is 0. The first-order valence-electron chi connectivity index (χ1n) is 11.1. The Morgan fingerprint density at radius 1 is 1.21 bits per heavy atom. The fraction of sp³-hybridized carbons (Fsp3) is 0.708. The molecule has 0 amide bonds. The molecule has 7 atom stereocenters. The molecule has 29 heavy (non-hydrogen) atoms. The van der Waals surface area contributed by atoms with Crippen LogP contribution in [0.2, 0.25) is 0 Å². The van der Waals surface area contributed by atoms with Crippen molar-refractivity contribution in [2.45, 2.75) is 71.0 Å². The van der Waals surface area contributed by atoms with E-state index >= 15 is 0 Å². The second-order valence-corrected chi connectivity index (χ2v) is 10.1. The van der Waals surface area contributed by atoms with Crippen molar-refractivity contribution in [2.24, 2.45) is 28.6 Å². The maximum absolute atomic E-state index is 13.0. The van der Waals surface area contributed by atoms with E-state index in [-0.39, 0.29) is 52.6 Å². The Bertz CT molecular complexity index is 855. The third kappa shape index (κ3) is 2.40. The summed E-state index contributed by atoms with van der Waals surface area (Å²) in [5.41, 5.74) is 0.681. The van der Waals surface area contributed by atoms with Crippen LogP contribution in [0.4, 0.5) is 0 Å². The van der Waals surface area contributed by atoms with E-state index in [9.17, 15) is 14.4 Å². The smallest absolute Gasteiger partial charge is 0.305 e. The molecule has 156 valence electrons. The molecule has 5 rings (SSSR count). The molecule has 1 spiro atoms. The van der Waals surface area contributed by atoms with Gasteiger partial charge in [-0.3, -0.25) is 14.4 Å². The van der Waals surface area contributed by atoms with Gasteiger partial charge in [0.2, 0.25) is 0 Å². The summed E-state index contributed by atoms with van der Waals surface area (Å²) < 4.78 is 11.7. The van der Waals surface area contributed by atoms with Gasteiger partial charge in [-0.25, -0.2) is 0 Å². The Morgan fingerprint density at radius 3 is 2.76 bits per heavy atom. The minimum Gasteiger partial charge on any atom is -0.458 e. The van der Waals surface area contributed by atoms with Crippen molar-refractivity contribution < 1.29 is 23.9 Å². The zero-order valence-corrected chi connectivity index (χ0v) is 17.5. The number of rotatable bonds is 4. The summed E-state index contributed by atoms with van der Waals surface area (Å²) >= 11 is 0. The number of hydrogen-bond acceptors (Lipinski definition) is 5. The summed E-state index contributed by atoms with van der Waals surface area (Å²) in [6, 6.07) is 0. The average Bonchev–Trinajstić information content (AvgIpc) is 3.31. The maximum Gasteiger partial charge on any atom is 0.305 e. The molecule has 1 heterocycles. The first kappa shape index (κ1) is 19.2. The number of Topliss-reactive ketones (excluding diaryl/α,β-unsaturated/α-hetero) is 1. The van der Waals surface area contributed by atoms with E-state index in [0.717, 1.165) is 32.1 Å². The molecular weight excluding hydrogens is 368 g/mol. The van der Waals surface area contributed by atoms with E-state index in [4.69, 9.17) is 9.47 Å². The van der Waals surface area contributed by atoms with Crippen LogP contribution in [0.5, 0.6) is 0 Å². The van der Waals surface area contributed by atoms with E-state index in [1.54, 1.807) is 13.0 Å². The lowest BCUT2D eigenvalue weighted by molar-refractivity contribution is -0.150. The molecule has 5 aliphatic rings. The lowest BCUT2D eigenvalue weighted by Gasteiger charge is -2.54. The second kappa shape index (κ2) is 6.13. The number of fused-ring (bicyclic) bond motifs is 3. The Kier molecular flexibility index (Phi) is 4.06. The van der Waals surface area contributed by atoms with Crippen LogP contribution in [0.25, 0.3) is 0 Å². The van der Waals surface area contributed by atoms with Gasteiger partial charge in [0.25, 0.3) is 0 Å². The zero-order valence-electron chi connectivity index (χ0n) is 17.5. The summed E-state index contributed by atoms with van der Waals surface area (Å²) in [6.07, 6.45) is 10.7. The van der Waals surface area contributed by atoms with Crippen LogP contribution in [0.1, 0.15) is 59.3 Å². The van der Waals surface area contributed by atoms with E-state index < -0.39 is 0 Å². The number of epoxide rings is 1. The molecular formula is C24H30O5. The molecule has 0 unspecified atom stereocenters. The van der Waals surface area contributed by atoms with Crippen LogP contribution in [0, 0.1) is 28.6 Å². The minimum absolute atomic E-state index is 0.0624. The first-order valence-corrected chi connectivity index (χ1v) is 11.1. The number of allylic oxidation sites excluding steroid dienone is 2. The van der Waals surface area contributed by atoms with Crippen LogP contribution in [0.15, 0.2) is 23.8 Å². The molecule has 4 fully saturated rings. The SMILES string of the molecule is CCC(=O)OCC(=O)[C@H]1CC[C@H]2[C@@H]3CCC4=CC(=O)C=C[C@]4(C)[C@@]34O[C@H]4C[C@]12C. The number of carbonyl (C=O) groups is 3. The molecule has 0 N–H and O–H groups in total. The highest BCUT2D eigenvalue weighted by Crippen LogP contribution is 2.75. The fourth-order valence-corrected chi connectivity index (χ4v) is 7.53. The van der Waals surface area contributed by atoms with Gasteiger partial charge in [-0.2, -0.15) is 0 Å². The van der Waals surface area contributed by atoms with Crippen LogP contribution < -0.4 is 0 Å². The van der Waals surface area contributed by atoms with E-state index in [0.29, 0.717) is 18.3 Å². The van der Waals surface area contributed by atoms with Gasteiger partial charge >= 0.3 is 5.97 Å². The Labute approximate surface area is 171 Å². The minimum atomic E-state index is -0.315. The van der Waals surface area contributed by atoms with Gasteiger partial charge in [-0.1, -0.05) is 25.5 Å². The van der Waals surface area contributed by atoms with Gasteiger partial charge in [-0.15, -0.1) is 0 Å². The fourth-order valence-electron chi connectivity index (χ4n) is 7.53. The topological polar surface area (TPSA) is 73.0 Å². The highest BCUT2D eigenvalue weighted by Gasteiger charge is 2.79. The lowest BCUT2D eigenvalue weighted by atomic mass is 9.47. The summed E-state index contributed by atoms with van der Waals surface area (Å²) in [7, 11) is 0. The number of ketones is 2. The Hall–Kier alpha value is -1.75. The predicted octanol–water partition coefficient (Wildman–Crippen LogP) is 3.56. The molecule has 5 heteroatoms. The summed E-state index contributed by atoms with van der Waals surface area (Å²) in [5, 5.41) is 0. The lowest BCUT2D eigenvalue weighted by Crippen LogP contribution is -2.57. The molecule has 0 bridgehead atoms. The highest BCUT2D eigenvalue weighted by atomic mass is 16.6. The Morgan fingerprint density at radius 2 is 2.00 bits per heavy atom. The Balaban J connectivity index is 1.42. The van der Waals surface area contributed by atoms with Crippen molar-refractivity contribution in [3.63, 3.8) is 0 Å². The standard InChI is InChI=1S/C24H30O5/c1-4-21(27)28-13-19(26)18-8-7-16-17-6-5-14-11-15(25)9-10-23(14,3)24(17)20(29-24)12-22(16,18)2/h9-11,16-18,20H,4-8,12-13H2,1-3H3/t16-,17-,18+,20-,22-,23-,24+/m0/s1. The van der Waals surface area contributed by atoms with Crippen molar-refractivity contribution in [1.82, 2.24) is 0 Å². The third-order valence-corrected chi connectivity index (χ3v) is 8.98. The van der Waals surface area contributed by atoms with Crippen molar-refractivity contribution in [3.05, 3.63) is 23.8 Å². The molecule has 1 saturated heterocycles. The van der Waals surface area contributed by atoms with E-state index in [2.05, 4.69) is 19.9 Å². The molecule has 0 aromatic heterocycles. The van der Waals surface area contributed by atoms with Crippen molar-refractivity contribution in [1.29, 1.82) is 0 Å². The molecule has 0 aromatic rings. The van der Waals surface area contributed by atoms with Crippen LogP contribution >= 0.6 is 0 Å². The van der Waals surface area contributed by atoms with Crippen LogP contribution in [-0.2, 0) is 23.9 Å². The zero-order chi connectivity index (χ0) is 20.6. The van der Waals surface area contributed by atoms with Crippen LogP contribution in [0.3, 0.4) is 0 Å². The average molecular weight is 398 g/mol. The van der Waals surface area contributed by atoms with Crippen LogP contribution in [-0.4, -0.2) is 35.8 Å². The monoisotopic (exact) mass is 398 g/mol. The van der Waals surface area contributed by atoms with E-state index in [1.165, 1.54) is 5.57 Å². The van der Waals surface area contributed by atoms with Gasteiger partial charge in [0, 0.05) is 17.8 Å². The molecule has 4 aliphatic carbocycles. The quantitative estimate of drug-likeness (QED) is 0.535. The molecule has 3 saturated carbocycles. The summed E-state index contributed by atoms with van der Waals surface area (Å²) in [4.78, 5) is 36.4. The summed E-state index contributed by atoms with van der Waals surface area (Å²) in [5.74, 6) is 0.606. The molecule has 0 radical (unpaired) electrons. The maximum atomic E-state index is 13.0. The summed E-state index contributed by atoms with van der Waals surface area (Å²) in [6.45, 7) is 6.13.